The minimum atomic E-state index is -0.140. The van der Waals surface area contributed by atoms with Gasteiger partial charge in [-0.2, -0.15) is 0 Å². The van der Waals surface area contributed by atoms with Gasteiger partial charge in [-0.3, -0.25) is 4.79 Å². The summed E-state index contributed by atoms with van der Waals surface area (Å²) in [6.07, 6.45) is 0. The zero-order valence-electron chi connectivity index (χ0n) is 13.3. The highest BCUT2D eigenvalue weighted by Gasteiger charge is 2.08. The normalized spacial score (nSPS) is 10.1. The average Bonchev–Trinajstić information content (AvgIpc) is 2.56. The zero-order chi connectivity index (χ0) is 16.8. The highest BCUT2D eigenvalue weighted by Crippen LogP contribution is 2.28. The van der Waals surface area contributed by atoms with Crippen LogP contribution in [-0.4, -0.2) is 26.7 Å². The molecule has 0 unspecified atom stereocenters. The topological polar surface area (TPSA) is 59.6 Å². The summed E-state index contributed by atoms with van der Waals surface area (Å²) in [5, 5.41) is 5.90. The van der Waals surface area contributed by atoms with E-state index in [9.17, 15) is 4.79 Å². The van der Waals surface area contributed by atoms with Gasteiger partial charge in [0.1, 0.15) is 11.5 Å². The van der Waals surface area contributed by atoms with Gasteiger partial charge in [0.15, 0.2) is 0 Å². The van der Waals surface area contributed by atoms with E-state index < -0.39 is 0 Å². The van der Waals surface area contributed by atoms with Crippen molar-refractivity contribution in [1.82, 2.24) is 0 Å². The molecule has 0 fully saturated rings. The van der Waals surface area contributed by atoms with E-state index >= 15 is 0 Å². The molecule has 2 N–H and O–H groups in total. The summed E-state index contributed by atoms with van der Waals surface area (Å²) in [4.78, 5) is 12.1. The fraction of sp³-hybridized carbons (Fsp3) is 0.235. The van der Waals surface area contributed by atoms with Crippen LogP contribution in [0.3, 0.4) is 0 Å². The Morgan fingerprint density at radius 3 is 2.57 bits per heavy atom. The average molecular weight is 379 g/mol. The molecule has 0 saturated carbocycles. The maximum absolute atomic E-state index is 12.1. The minimum absolute atomic E-state index is 0.133. The number of hydrogen-bond acceptors (Lipinski definition) is 4. The molecule has 2 rings (SSSR count). The predicted octanol–water partition coefficient (Wildman–Crippen LogP) is 3.83. The lowest BCUT2D eigenvalue weighted by Crippen LogP contribution is -2.22. The van der Waals surface area contributed by atoms with Crippen LogP contribution < -0.4 is 20.1 Å². The summed E-state index contributed by atoms with van der Waals surface area (Å²) in [6, 6.07) is 11.1. The Bertz CT molecular complexity index is 704. The summed E-state index contributed by atoms with van der Waals surface area (Å²) in [7, 11) is 3.17. The first-order valence-corrected chi connectivity index (χ1v) is 7.84. The van der Waals surface area contributed by atoms with Crippen molar-refractivity contribution >= 4 is 33.2 Å². The molecule has 0 aliphatic carbocycles. The Morgan fingerprint density at radius 2 is 1.91 bits per heavy atom. The van der Waals surface area contributed by atoms with Gasteiger partial charge in [-0.15, -0.1) is 0 Å². The number of hydrogen-bond donors (Lipinski definition) is 2. The Balaban J connectivity index is 1.97. The molecule has 0 heterocycles. The third-order valence-electron chi connectivity index (χ3n) is 3.30. The van der Waals surface area contributed by atoms with E-state index in [4.69, 9.17) is 9.47 Å². The Hall–Kier alpha value is -2.21. The van der Waals surface area contributed by atoms with Crippen LogP contribution >= 0.6 is 15.9 Å². The standard InChI is InChI=1S/C17H19BrN2O3/c1-11-4-5-12(8-14(11)18)20-17(21)10-19-15-7-6-13(22-2)9-16(15)23-3/h4-9,19H,10H2,1-3H3,(H,20,21). The number of anilines is 2. The zero-order valence-corrected chi connectivity index (χ0v) is 14.9. The number of methoxy groups -OCH3 is 2. The Labute approximate surface area is 144 Å². The maximum Gasteiger partial charge on any atom is 0.243 e. The summed E-state index contributed by atoms with van der Waals surface area (Å²) in [5.74, 6) is 1.18. The van der Waals surface area contributed by atoms with Gasteiger partial charge < -0.3 is 20.1 Å². The highest BCUT2D eigenvalue weighted by atomic mass is 79.9. The van der Waals surface area contributed by atoms with Crippen molar-refractivity contribution in [3.63, 3.8) is 0 Å². The van der Waals surface area contributed by atoms with Gasteiger partial charge in [-0.05, 0) is 36.8 Å². The summed E-state index contributed by atoms with van der Waals surface area (Å²) in [6.45, 7) is 2.13. The Morgan fingerprint density at radius 1 is 1.13 bits per heavy atom. The largest absolute Gasteiger partial charge is 0.497 e. The number of carbonyl (C=O) groups is 1. The molecule has 6 heteroatoms. The lowest BCUT2D eigenvalue weighted by atomic mass is 10.2. The van der Waals surface area contributed by atoms with Crippen molar-refractivity contribution < 1.29 is 14.3 Å². The van der Waals surface area contributed by atoms with Crippen LogP contribution in [0.4, 0.5) is 11.4 Å². The predicted molar refractivity (Wildman–Crippen MR) is 95.5 cm³/mol. The second-order valence-corrected chi connectivity index (χ2v) is 5.79. The fourth-order valence-corrected chi connectivity index (χ4v) is 2.37. The summed E-state index contributed by atoms with van der Waals surface area (Å²) < 4.78 is 11.4. The molecule has 1 amide bonds. The minimum Gasteiger partial charge on any atom is -0.497 e. The van der Waals surface area contributed by atoms with E-state index in [1.165, 1.54) is 0 Å². The molecule has 122 valence electrons. The maximum atomic E-state index is 12.1. The molecule has 2 aromatic carbocycles. The fourth-order valence-electron chi connectivity index (χ4n) is 2.00. The summed E-state index contributed by atoms with van der Waals surface area (Å²) in [5.41, 5.74) is 2.59. The van der Waals surface area contributed by atoms with Crippen LogP contribution in [0.2, 0.25) is 0 Å². The number of halogens is 1. The molecular formula is C17H19BrN2O3. The second-order valence-electron chi connectivity index (χ2n) is 4.93. The quantitative estimate of drug-likeness (QED) is 0.801. The van der Waals surface area contributed by atoms with E-state index in [0.29, 0.717) is 11.5 Å². The van der Waals surface area contributed by atoms with Crippen LogP contribution in [0.1, 0.15) is 5.56 Å². The van der Waals surface area contributed by atoms with Crippen LogP contribution in [0.25, 0.3) is 0 Å². The highest BCUT2D eigenvalue weighted by molar-refractivity contribution is 9.10. The second kappa shape index (κ2) is 7.87. The van der Waals surface area contributed by atoms with Crippen molar-refractivity contribution in [3.8, 4) is 11.5 Å². The van der Waals surface area contributed by atoms with Gasteiger partial charge in [0, 0.05) is 16.2 Å². The lowest BCUT2D eigenvalue weighted by Gasteiger charge is -2.13. The third kappa shape index (κ3) is 4.63. The van der Waals surface area contributed by atoms with Crippen LogP contribution in [0, 0.1) is 6.92 Å². The first kappa shape index (κ1) is 17.1. The van der Waals surface area contributed by atoms with Crippen molar-refractivity contribution in [2.24, 2.45) is 0 Å². The number of nitrogens with one attached hydrogen (secondary N) is 2. The molecule has 0 aromatic heterocycles. The van der Waals surface area contributed by atoms with Crippen molar-refractivity contribution in [1.29, 1.82) is 0 Å². The first-order valence-electron chi connectivity index (χ1n) is 7.05. The molecule has 0 atom stereocenters. The van der Waals surface area contributed by atoms with E-state index in [-0.39, 0.29) is 12.5 Å². The first-order chi connectivity index (χ1) is 11.0. The Kier molecular flexibility index (Phi) is 5.87. The SMILES string of the molecule is COc1ccc(NCC(=O)Nc2ccc(C)c(Br)c2)c(OC)c1. The van der Waals surface area contributed by atoms with Crippen molar-refractivity contribution in [3.05, 3.63) is 46.4 Å². The number of benzene rings is 2. The monoisotopic (exact) mass is 378 g/mol. The van der Waals surface area contributed by atoms with Gasteiger partial charge in [0.2, 0.25) is 5.91 Å². The van der Waals surface area contributed by atoms with Gasteiger partial charge in [-0.25, -0.2) is 0 Å². The van der Waals surface area contributed by atoms with Crippen LogP contribution in [0.15, 0.2) is 40.9 Å². The van der Waals surface area contributed by atoms with Crippen LogP contribution in [0.5, 0.6) is 11.5 Å². The molecule has 0 radical (unpaired) electrons. The molecule has 0 bridgehead atoms. The van der Waals surface area contributed by atoms with E-state index in [1.54, 1.807) is 26.4 Å². The van der Waals surface area contributed by atoms with Crippen molar-refractivity contribution in [2.75, 3.05) is 31.4 Å². The number of rotatable bonds is 6. The van der Waals surface area contributed by atoms with Gasteiger partial charge >= 0.3 is 0 Å². The molecule has 0 spiro atoms. The lowest BCUT2D eigenvalue weighted by molar-refractivity contribution is -0.114. The molecular weight excluding hydrogens is 360 g/mol. The molecule has 5 nitrogen and oxygen atoms in total. The van der Waals surface area contributed by atoms with E-state index in [1.807, 2.05) is 31.2 Å². The van der Waals surface area contributed by atoms with E-state index in [0.717, 1.165) is 21.4 Å². The molecule has 0 aliphatic rings. The van der Waals surface area contributed by atoms with E-state index in [2.05, 4.69) is 26.6 Å². The number of amides is 1. The molecule has 23 heavy (non-hydrogen) atoms. The van der Waals surface area contributed by atoms with Crippen LogP contribution in [-0.2, 0) is 4.79 Å². The molecule has 0 saturated heterocycles. The van der Waals surface area contributed by atoms with Gasteiger partial charge in [0.25, 0.3) is 0 Å². The molecule has 2 aromatic rings. The summed E-state index contributed by atoms with van der Waals surface area (Å²) >= 11 is 3.45. The third-order valence-corrected chi connectivity index (χ3v) is 4.16. The van der Waals surface area contributed by atoms with Gasteiger partial charge in [0.05, 0.1) is 26.5 Å². The number of carbonyl (C=O) groups excluding carboxylic acids is 1. The van der Waals surface area contributed by atoms with Gasteiger partial charge in [-0.1, -0.05) is 22.0 Å². The molecule has 0 aliphatic heterocycles. The number of aryl methyl sites for hydroxylation is 1. The smallest absolute Gasteiger partial charge is 0.243 e. The van der Waals surface area contributed by atoms with Crippen molar-refractivity contribution in [2.45, 2.75) is 6.92 Å². The number of ether oxygens (including phenoxy) is 2.